The third kappa shape index (κ3) is 4.62. The molecule has 0 spiro atoms. The Morgan fingerprint density at radius 1 is 1.30 bits per heavy atom. The highest BCUT2D eigenvalue weighted by Gasteiger charge is 2.31. The molecule has 148 valence electrons. The lowest BCUT2D eigenvalue weighted by atomic mass is 9.93. The van der Waals surface area contributed by atoms with E-state index in [1.165, 1.54) is 0 Å². The van der Waals surface area contributed by atoms with Crippen LogP contribution in [-0.4, -0.2) is 32.2 Å². The molecule has 0 saturated heterocycles. The van der Waals surface area contributed by atoms with Crippen LogP contribution in [0.2, 0.25) is 0 Å². The summed E-state index contributed by atoms with van der Waals surface area (Å²) < 4.78 is 15.9. The molecule has 0 saturated carbocycles. The molecule has 0 aromatic heterocycles. The number of ether oxygens (including phenoxy) is 3. The molecule has 1 aromatic carbocycles. The van der Waals surface area contributed by atoms with E-state index in [4.69, 9.17) is 14.2 Å². The molecule has 1 N–H and O–H groups in total. The lowest BCUT2D eigenvalue weighted by molar-refractivity contribution is -0.143. The Bertz CT molecular complexity index is 752. The van der Waals surface area contributed by atoms with E-state index in [0.29, 0.717) is 38.0 Å². The number of fused-ring (bicyclic) bond motifs is 1. The van der Waals surface area contributed by atoms with Crippen molar-refractivity contribution >= 4 is 17.6 Å². The summed E-state index contributed by atoms with van der Waals surface area (Å²) in [6.45, 7) is 9.10. The molecule has 0 unspecified atom stereocenters. The van der Waals surface area contributed by atoms with E-state index < -0.39 is 0 Å². The van der Waals surface area contributed by atoms with Crippen LogP contribution in [-0.2, 0) is 27.3 Å². The highest BCUT2D eigenvalue weighted by Crippen LogP contribution is 2.41. The number of cyclic esters (lactones) is 1. The summed E-state index contributed by atoms with van der Waals surface area (Å²) in [5, 5.41) is 3.32. The second kappa shape index (κ2) is 9.44. The van der Waals surface area contributed by atoms with Crippen molar-refractivity contribution in [1.82, 2.24) is 0 Å². The van der Waals surface area contributed by atoms with Crippen LogP contribution >= 0.6 is 0 Å². The Kier molecular flexibility index (Phi) is 7.28. The lowest BCUT2D eigenvalue weighted by Crippen LogP contribution is -2.11. The largest absolute Gasteiger partial charge is 0.496 e. The summed E-state index contributed by atoms with van der Waals surface area (Å²) in [4.78, 5) is 23.8. The number of carbonyl (C=O) groups excluding carboxylic acids is 2. The van der Waals surface area contributed by atoms with Crippen molar-refractivity contribution in [3.8, 4) is 5.75 Å². The van der Waals surface area contributed by atoms with E-state index in [1.807, 2.05) is 20.8 Å². The molecule has 0 fully saturated rings. The minimum Gasteiger partial charge on any atom is -0.496 e. The number of rotatable bonds is 9. The zero-order valence-corrected chi connectivity index (χ0v) is 16.9. The van der Waals surface area contributed by atoms with Crippen LogP contribution in [0.15, 0.2) is 11.6 Å². The molecule has 0 bridgehead atoms. The molecule has 0 amide bonds. The maximum atomic E-state index is 12.3. The summed E-state index contributed by atoms with van der Waals surface area (Å²) in [6, 6.07) is 0. The number of esters is 2. The van der Waals surface area contributed by atoms with E-state index in [0.717, 1.165) is 33.7 Å². The number of allylic oxidation sites excluding steroid dienone is 2. The second-order valence-electron chi connectivity index (χ2n) is 6.53. The van der Waals surface area contributed by atoms with Gasteiger partial charge in [0.15, 0.2) is 0 Å². The molecular formula is C21H29NO5. The van der Waals surface area contributed by atoms with Crippen molar-refractivity contribution in [3.05, 3.63) is 33.9 Å². The van der Waals surface area contributed by atoms with E-state index >= 15 is 0 Å². The van der Waals surface area contributed by atoms with E-state index in [-0.39, 0.29) is 18.5 Å². The van der Waals surface area contributed by atoms with Gasteiger partial charge in [-0.15, -0.1) is 0 Å². The first-order chi connectivity index (χ1) is 12.9. The van der Waals surface area contributed by atoms with E-state index in [9.17, 15) is 9.59 Å². The molecule has 0 atom stereocenters. The van der Waals surface area contributed by atoms with Crippen LogP contribution < -0.4 is 10.1 Å². The van der Waals surface area contributed by atoms with Gasteiger partial charge in [0.05, 0.1) is 25.0 Å². The normalized spacial score (nSPS) is 13.2. The monoisotopic (exact) mass is 375 g/mol. The second-order valence-corrected chi connectivity index (χ2v) is 6.53. The molecule has 27 heavy (non-hydrogen) atoms. The van der Waals surface area contributed by atoms with Gasteiger partial charge in [0.1, 0.15) is 12.4 Å². The maximum Gasteiger partial charge on any atom is 0.341 e. The van der Waals surface area contributed by atoms with Crippen LogP contribution in [0.4, 0.5) is 5.69 Å². The summed E-state index contributed by atoms with van der Waals surface area (Å²) in [5.41, 5.74) is 5.25. The quantitative estimate of drug-likeness (QED) is 0.521. The van der Waals surface area contributed by atoms with E-state index in [1.54, 1.807) is 14.0 Å². The van der Waals surface area contributed by atoms with Crippen LogP contribution in [0.1, 0.15) is 60.7 Å². The highest BCUT2D eigenvalue weighted by molar-refractivity contribution is 6.01. The third-order valence-corrected chi connectivity index (χ3v) is 4.71. The Balaban J connectivity index is 2.33. The van der Waals surface area contributed by atoms with Gasteiger partial charge in [-0.3, -0.25) is 4.79 Å². The highest BCUT2D eigenvalue weighted by atomic mass is 16.5. The number of nitrogens with one attached hydrogen (secondary N) is 1. The molecule has 0 aliphatic carbocycles. The Morgan fingerprint density at radius 2 is 2.04 bits per heavy atom. The fourth-order valence-electron chi connectivity index (χ4n) is 3.34. The number of methoxy groups -OCH3 is 1. The first kappa shape index (κ1) is 20.8. The predicted molar refractivity (Wildman–Crippen MR) is 104 cm³/mol. The molecular weight excluding hydrogens is 346 g/mol. The Labute approximate surface area is 160 Å². The van der Waals surface area contributed by atoms with Gasteiger partial charge in [-0.25, -0.2) is 4.79 Å². The first-order valence-corrected chi connectivity index (χ1v) is 9.39. The molecule has 2 rings (SSSR count). The molecule has 1 heterocycles. The topological polar surface area (TPSA) is 73.9 Å². The van der Waals surface area contributed by atoms with Gasteiger partial charge in [0, 0.05) is 24.1 Å². The van der Waals surface area contributed by atoms with E-state index in [2.05, 4.69) is 11.4 Å². The number of hydrogen-bond acceptors (Lipinski definition) is 6. The van der Waals surface area contributed by atoms with Crippen LogP contribution in [0.25, 0.3) is 0 Å². The fourth-order valence-corrected chi connectivity index (χ4v) is 3.34. The lowest BCUT2D eigenvalue weighted by Gasteiger charge is -2.19. The number of benzene rings is 1. The SMILES string of the molecule is CCNc1c(C/C=C(\C)CCC(=O)OCC)c(OC)c(C)c2c1C(=O)OC2. The average Bonchev–Trinajstić information content (AvgIpc) is 3.03. The molecule has 6 nitrogen and oxygen atoms in total. The Hall–Kier alpha value is -2.50. The molecule has 6 heteroatoms. The third-order valence-electron chi connectivity index (χ3n) is 4.71. The summed E-state index contributed by atoms with van der Waals surface area (Å²) in [5.74, 6) is 0.292. The maximum absolute atomic E-state index is 12.3. The standard InChI is InChI=1S/C21H29NO5/c1-6-22-19-15(10-8-13(3)9-11-17(23)26-7-2)20(25-5)14(4)16-12-27-21(24)18(16)19/h8,22H,6-7,9-12H2,1-5H3/b13-8+. The average molecular weight is 375 g/mol. The predicted octanol–water partition coefficient (Wildman–Crippen LogP) is 3.94. The van der Waals surface area contributed by atoms with Crippen molar-refractivity contribution in [2.24, 2.45) is 0 Å². The van der Waals surface area contributed by atoms with Crippen molar-refractivity contribution in [3.63, 3.8) is 0 Å². The van der Waals surface area contributed by atoms with Crippen LogP contribution in [0, 0.1) is 6.92 Å². The minimum atomic E-state index is -0.295. The number of carbonyl (C=O) groups is 2. The van der Waals surface area contributed by atoms with Crippen LogP contribution in [0.5, 0.6) is 5.75 Å². The van der Waals surface area contributed by atoms with Gasteiger partial charge in [-0.2, -0.15) is 0 Å². The summed E-state index contributed by atoms with van der Waals surface area (Å²) >= 11 is 0. The van der Waals surface area contributed by atoms with Gasteiger partial charge in [-0.05, 0) is 46.1 Å². The van der Waals surface area contributed by atoms with Gasteiger partial charge in [0.25, 0.3) is 0 Å². The van der Waals surface area contributed by atoms with Crippen molar-refractivity contribution < 1.29 is 23.8 Å². The molecule has 1 aliphatic heterocycles. The van der Waals surface area contributed by atoms with Gasteiger partial charge >= 0.3 is 11.9 Å². The minimum absolute atomic E-state index is 0.188. The zero-order valence-electron chi connectivity index (χ0n) is 16.9. The van der Waals surface area contributed by atoms with Gasteiger partial charge in [-0.1, -0.05) is 11.6 Å². The summed E-state index contributed by atoms with van der Waals surface area (Å²) in [7, 11) is 1.64. The van der Waals surface area contributed by atoms with Crippen LogP contribution in [0.3, 0.4) is 0 Å². The fraction of sp³-hybridized carbons (Fsp3) is 0.524. The van der Waals surface area contributed by atoms with Crippen molar-refractivity contribution in [1.29, 1.82) is 0 Å². The summed E-state index contributed by atoms with van der Waals surface area (Å²) in [6.07, 6.45) is 3.68. The number of anilines is 1. The number of hydrogen-bond donors (Lipinski definition) is 1. The zero-order chi connectivity index (χ0) is 20.0. The van der Waals surface area contributed by atoms with Crippen molar-refractivity contribution in [2.45, 2.75) is 53.6 Å². The molecule has 1 aliphatic rings. The molecule has 0 radical (unpaired) electrons. The van der Waals surface area contributed by atoms with Gasteiger partial charge < -0.3 is 19.5 Å². The van der Waals surface area contributed by atoms with Crippen molar-refractivity contribution in [2.75, 3.05) is 25.6 Å². The van der Waals surface area contributed by atoms with Gasteiger partial charge in [0.2, 0.25) is 0 Å². The first-order valence-electron chi connectivity index (χ1n) is 9.39. The Morgan fingerprint density at radius 3 is 2.67 bits per heavy atom. The smallest absolute Gasteiger partial charge is 0.341 e. The molecule has 1 aromatic rings.